The number of benzene rings is 1. The molecule has 2 heterocycles. The number of aromatic amines is 1. The fraction of sp³-hybridized carbons (Fsp3) is 0.368. The Morgan fingerprint density at radius 3 is 2.58 bits per heavy atom. The van der Waals surface area contributed by atoms with E-state index < -0.39 is 0 Å². The van der Waals surface area contributed by atoms with Crippen LogP contribution in [-0.2, 0) is 0 Å². The first-order valence-corrected chi connectivity index (χ1v) is 8.27. The summed E-state index contributed by atoms with van der Waals surface area (Å²) in [6.45, 7) is 4.44. The molecule has 0 bridgehead atoms. The van der Waals surface area contributed by atoms with Gasteiger partial charge in [-0.3, -0.25) is 4.98 Å². The van der Waals surface area contributed by atoms with E-state index in [0.29, 0.717) is 5.92 Å². The SMILES string of the molecule is CNC(CC(C)C)c1nc2cc(OC)c(-c3ccncc3)cc2[nH]1. The van der Waals surface area contributed by atoms with Gasteiger partial charge in [-0.25, -0.2) is 4.98 Å². The van der Waals surface area contributed by atoms with E-state index >= 15 is 0 Å². The third-order valence-electron chi connectivity index (χ3n) is 4.20. The fourth-order valence-electron chi connectivity index (χ4n) is 2.99. The zero-order valence-electron chi connectivity index (χ0n) is 14.6. The van der Waals surface area contributed by atoms with Crippen molar-refractivity contribution in [3.63, 3.8) is 0 Å². The molecule has 1 atom stereocenters. The van der Waals surface area contributed by atoms with Crippen LogP contribution in [0.4, 0.5) is 0 Å². The van der Waals surface area contributed by atoms with Crippen molar-refractivity contribution in [1.82, 2.24) is 20.3 Å². The molecule has 5 heteroatoms. The normalized spacial score (nSPS) is 12.7. The molecule has 0 aliphatic heterocycles. The van der Waals surface area contributed by atoms with Crippen LogP contribution in [0.5, 0.6) is 5.75 Å². The van der Waals surface area contributed by atoms with Gasteiger partial charge in [0.15, 0.2) is 0 Å². The quantitative estimate of drug-likeness (QED) is 0.721. The first-order valence-electron chi connectivity index (χ1n) is 8.27. The van der Waals surface area contributed by atoms with Crippen LogP contribution in [0, 0.1) is 5.92 Å². The minimum absolute atomic E-state index is 0.216. The molecule has 5 nitrogen and oxygen atoms in total. The number of hydrogen-bond acceptors (Lipinski definition) is 4. The third kappa shape index (κ3) is 3.26. The predicted molar refractivity (Wildman–Crippen MR) is 97.1 cm³/mol. The summed E-state index contributed by atoms with van der Waals surface area (Å²) in [5.74, 6) is 2.38. The lowest BCUT2D eigenvalue weighted by Gasteiger charge is -2.15. The van der Waals surface area contributed by atoms with Crippen molar-refractivity contribution < 1.29 is 4.74 Å². The Morgan fingerprint density at radius 2 is 1.96 bits per heavy atom. The van der Waals surface area contributed by atoms with Crippen molar-refractivity contribution in [2.75, 3.05) is 14.2 Å². The second-order valence-corrected chi connectivity index (χ2v) is 6.40. The number of aromatic nitrogens is 3. The molecule has 0 saturated heterocycles. The molecule has 1 unspecified atom stereocenters. The second-order valence-electron chi connectivity index (χ2n) is 6.40. The van der Waals surface area contributed by atoms with Crippen LogP contribution in [0.25, 0.3) is 22.2 Å². The van der Waals surface area contributed by atoms with Gasteiger partial charge in [-0.1, -0.05) is 13.8 Å². The Bertz CT molecular complexity index is 811. The summed E-state index contributed by atoms with van der Waals surface area (Å²) in [6.07, 6.45) is 4.61. The van der Waals surface area contributed by atoms with Gasteiger partial charge in [0.1, 0.15) is 11.6 Å². The van der Waals surface area contributed by atoms with Crippen molar-refractivity contribution in [2.45, 2.75) is 26.3 Å². The summed E-state index contributed by atoms with van der Waals surface area (Å²) < 4.78 is 5.58. The van der Waals surface area contributed by atoms with Crippen molar-refractivity contribution in [3.05, 3.63) is 42.5 Å². The average molecular weight is 324 g/mol. The number of imidazole rings is 1. The summed E-state index contributed by atoms with van der Waals surface area (Å²) in [5.41, 5.74) is 4.05. The van der Waals surface area contributed by atoms with Crippen molar-refractivity contribution in [3.8, 4) is 16.9 Å². The van der Waals surface area contributed by atoms with E-state index in [1.165, 1.54) is 0 Å². The molecule has 3 aromatic rings. The van der Waals surface area contributed by atoms with Gasteiger partial charge in [-0.2, -0.15) is 0 Å². The van der Waals surface area contributed by atoms with Gasteiger partial charge in [-0.05, 0) is 43.1 Å². The molecule has 0 spiro atoms. The Morgan fingerprint density at radius 1 is 1.21 bits per heavy atom. The van der Waals surface area contributed by atoms with Gasteiger partial charge < -0.3 is 15.0 Å². The molecule has 0 aliphatic carbocycles. The summed E-state index contributed by atoms with van der Waals surface area (Å²) >= 11 is 0. The minimum Gasteiger partial charge on any atom is -0.496 e. The van der Waals surface area contributed by atoms with Crippen molar-refractivity contribution >= 4 is 11.0 Å². The molecule has 2 N–H and O–H groups in total. The van der Waals surface area contributed by atoms with Crippen LogP contribution in [-0.4, -0.2) is 29.1 Å². The van der Waals surface area contributed by atoms with E-state index in [1.807, 2.05) is 25.2 Å². The number of rotatable bonds is 6. The summed E-state index contributed by atoms with van der Waals surface area (Å²) in [7, 11) is 3.66. The number of nitrogens with zero attached hydrogens (tertiary/aromatic N) is 2. The van der Waals surface area contributed by atoms with Crippen LogP contribution in [0.1, 0.15) is 32.1 Å². The maximum atomic E-state index is 5.58. The number of hydrogen-bond donors (Lipinski definition) is 2. The third-order valence-corrected chi connectivity index (χ3v) is 4.20. The van der Waals surface area contributed by atoms with E-state index in [1.54, 1.807) is 19.5 Å². The van der Waals surface area contributed by atoms with Crippen molar-refractivity contribution in [1.29, 1.82) is 0 Å². The molecule has 2 aromatic heterocycles. The number of nitrogens with one attached hydrogen (secondary N) is 2. The van der Waals surface area contributed by atoms with Crippen LogP contribution in [0.15, 0.2) is 36.7 Å². The number of fused-ring (bicyclic) bond motifs is 1. The first-order chi connectivity index (χ1) is 11.6. The number of ether oxygens (including phenoxy) is 1. The lowest BCUT2D eigenvalue weighted by molar-refractivity contribution is 0.417. The van der Waals surface area contributed by atoms with Gasteiger partial charge >= 0.3 is 0 Å². The molecule has 1 aromatic carbocycles. The lowest BCUT2D eigenvalue weighted by Crippen LogP contribution is -2.19. The van der Waals surface area contributed by atoms with Gasteiger partial charge in [0.2, 0.25) is 0 Å². The van der Waals surface area contributed by atoms with Crippen LogP contribution in [0.3, 0.4) is 0 Å². The molecule has 126 valence electrons. The zero-order valence-corrected chi connectivity index (χ0v) is 14.6. The summed E-state index contributed by atoms with van der Waals surface area (Å²) in [6, 6.07) is 8.27. The molecular weight excluding hydrogens is 300 g/mol. The molecule has 0 aliphatic rings. The summed E-state index contributed by atoms with van der Waals surface area (Å²) in [5, 5.41) is 3.35. The van der Waals surface area contributed by atoms with Crippen LogP contribution in [0.2, 0.25) is 0 Å². The maximum absolute atomic E-state index is 5.58. The van der Waals surface area contributed by atoms with Gasteiger partial charge in [0, 0.05) is 24.0 Å². The first kappa shape index (κ1) is 16.5. The van der Waals surface area contributed by atoms with Gasteiger partial charge in [0.25, 0.3) is 0 Å². The van der Waals surface area contributed by atoms with Gasteiger partial charge in [-0.15, -0.1) is 0 Å². The topological polar surface area (TPSA) is 62.8 Å². The highest BCUT2D eigenvalue weighted by Crippen LogP contribution is 2.34. The van der Waals surface area contributed by atoms with Crippen molar-refractivity contribution in [2.24, 2.45) is 5.92 Å². The Hall–Kier alpha value is -2.40. The smallest absolute Gasteiger partial charge is 0.128 e. The fourth-order valence-corrected chi connectivity index (χ4v) is 2.99. The largest absolute Gasteiger partial charge is 0.496 e. The standard InChI is InChI=1S/C19H24N4O/c1-12(2)9-17(20-3)19-22-15-10-14(13-5-7-21-8-6-13)18(24-4)11-16(15)23-19/h5-8,10-12,17,20H,9H2,1-4H3,(H,22,23). The minimum atomic E-state index is 0.216. The molecule has 0 radical (unpaired) electrons. The molecular formula is C19H24N4O. The molecule has 0 fully saturated rings. The Balaban J connectivity index is 2.07. The lowest BCUT2D eigenvalue weighted by atomic mass is 10.0. The Kier molecular flexibility index (Phi) is 4.81. The summed E-state index contributed by atoms with van der Waals surface area (Å²) in [4.78, 5) is 12.3. The molecule has 0 amide bonds. The van der Waals surface area contributed by atoms with E-state index in [9.17, 15) is 0 Å². The Labute approximate surface area is 142 Å². The van der Waals surface area contributed by atoms with Gasteiger partial charge in [0.05, 0.1) is 24.2 Å². The zero-order chi connectivity index (χ0) is 17.1. The monoisotopic (exact) mass is 324 g/mol. The van der Waals surface area contributed by atoms with E-state index in [2.05, 4.69) is 35.2 Å². The number of methoxy groups -OCH3 is 1. The highest BCUT2D eigenvalue weighted by Gasteiger charge is 2.17. The molecule has 3 rings (SSSR count). The molecule has 0 saturated carbocycles. The predicted octanol–water partition coefficient (Wildman–Crippen LogP) is 3.94. The van der Waals surface area contributed by atoms with Crippen LogP contribution < -0.4 is 10.1 Å². The van der Waals surface area contributed by atoms with E-state index in [0.717, 1.165) is 40.2 Å². The highest BCUT2D eigenvalue weighted by molar-refractivity contribution is 5.86. The second kappa shape index (κ2) is 7.01. The maximum Gasteiger partial charge on any atom is 0.128 e. The highest BCUT2D eigenvalue weighted by atomic mass is 16.5. The average Bonchev–Trinajstić information content (AvgIpc) is 3.01. The van der Waals surface area contributed by atoms with E-state index in [4.69, 9.17) is 9.72 Å². The molecule has 24 heavy (non-hydrogen) atoms. The number of H-pyrrole nitrogens is 1. The van der Waals surface area contributed by atoms with Crippen LogP contribution >= 0.6 is 0 Å². The van der Waals surface area contributed by atoms with E-state index in [-0.39, 0.29) is 6.04 Å². The number of pyridine rings is 1.